The van der Waals surface area contributed by atoms with Crippen LogP contribution in [0.3, 0.4) is 0 Å². The monoisotopic (exact) mass is 199 g/mol. The number of likely N-dealkylation sites (N-methyl/N-ethyl adjacent to an activating group) is 1. The van der Waals surface area contributed by atoms with Crippen LogP contribution in [0.5, 0.6) is 0 Å². The van der Waals surface area contributed by atoms with E-state index in [2.05, 4.69) is 25.8 Å². The average Bonchev–Trinajstić information content (AvgIpc) is 2.15. The molecular weight excluding hydrogens is 174 g/mol. The van der Waals surface area contributed by atoms with Crippen molar-refractivity contribution in [1.82, 2.24) is 4.90 Å². The minimum Gasteiger partial charge on any atom is -0.391 e. The molecule has 1 fully saturated rings. The molecule has 0 amide bonds. The van der Waals surface area contributed by atoms with Gasteiger partial charge in [0, 0.05) is 6.04 Å². The first-order chi connectivity index (χ1) is 6.61. The van der Waals surface area contributed by atoms with Crippen molar-refractivity contribution in [2.75, 3.05) is 13.6 Å². The summed E-state index contributed by atoms with van der Waals surface area (Å²) in [5.41, 5.74) is 0. The van der Waals surface area contributed by atoms with E-state index in [-0.39, 0.29) is 6.10 Å². The van der Waals surface area contributed by atoms with Gasteiger partial charge in [0.25, 0.3) is 0 Å². The van der Waals surface area contributed by atoms with Crippen molar-refractivity contribution in [2.45, 2.75) is 58.1 Å². The number of hydrogen-bond acceptors (Lipinski definition) is 2. The first-order valence-electron chi connectivity index (χ1n) is 5.99. The fourth-order valence-electron chi connectivity index (χ4n) is 2.23. The van der Waals surface area contributed by atoms with Gasteiger partial charge in [-0.25, -0.2) is 0 Å². The molecule has 2 nitrogen and oxygen atoms in total. The smallest absolute Gasteiger partial charge is 0.0695 e. The molecular formula is C12H25NO. The minimum atomic E-state index is -0.0825. The molecule has 0 aromatic heterocycles. The fourth-order valence-corrected chi connectivity index (χ4v) is 2.23. The van der Waals surface area contributed by atoms with Crippen molar-refractivity contribution in [3.05, 3.63) is 0 Å². The zero-order valence-electron chi connectivity index (χ0n) is 9.87. The Morgan fingerprint density at radius 2 is 1.93 bits per heavy atom. The molecule has 0 heterocycles. The van der Waals surface area contributed by atoms with Crippen LogP contribution in [0.4, 0.5) is 0 Å². The predicted molar refractivity (Wildman–Crippen MR) is 60.3 cm³/mol. The Bertz CT molecular complexity index is 158. The summed E-state index contributed by atoms with van der Waals surface area (Å²) in [5, 5.41) is 9.86. The van der Waals surface area contributed by atoms with Gasteiger partial charge in [0.2, 0.25) is 0 Å². The number of aliphatic hydroxyl groups is 1. The number of aliphatic hydroxyl groups excluding tert-OH is 1. The second kappa shape index (κ2) is 5.72. The lowest BCUT2D eigenvalue weighted by Crippen LogP contribution is -2.43. The van der Waals surface area contributed by atoms with E-state index in [9.17, 15) is 5.11 Å². The Hall–Kier alpha value is -0.0800. The van der Waals surface area contributed by atoms with Crippen molar-refractivity contribution in [1.29, 1.82) is 0 Å². The molecule has 14 heavy (non-hydrogen) atoms. The zero-order valence-corrected chi connectivity index (χ0v) is 9.87. The number of nitrogens with zero attached hydrogens (tertiary/aromatic N) is 1. The third-order valence-corrected chi connectivity index (χ3v) is 3.32. The highest BCUT2D eigenvalue weighted by Gasteiger charge is 2.26. The van der Waals surface area contributed by atoms with E-state index >= 15 is 0 Å². The Balaban J connectivity index is 2.30. The molecule has 0 aromatic carbocycles. The van der Waals surface area contributed by atoms with Gasteiger partial charge >= 0.3 is 0 Å². The van der Waals surface area contributed by atoms with E-state index in [1.54, 1.807) is 0 Å². The van der Waals surface area contributed by atoms with Crippen molar-refractivity contribution in [2.24, 2.45) is 5.92 Å². The third-order valence-electron chi connectivity index (χ3n) is 3.32. The summed E-state index contributed by atoms with van der Waals surface area (Å²) in [7, 11) is 2.15. The number of rotatable bonds is 4. The van der Waals surface area contributed by atoms with Crippen LogP contribution in [-0.2, 0) is 0 Å². The van der Waals surface area contributed by atoms with Crippen LogP contribution in [0.2, 0.25) is 0 Å². The normalized spacial score (nSPS) is 28.7. The molecule has 0 saturated heterocycles. The van der Waals surface area contributed by atoms with Crippen molar-refractivity contribution in [3.63, 3.8) is 0 Å². The largest absolute Gasteiger partial charge is 0.391 e. The lowest BCUT2D eigenvalue weighted by Gasteiger charge is -2.35. The van der Waals surface area contributed by atoms with Gasteiger partial charge in [-0.1, -0.05) is 26.7 Å². The Morgan fingerprint density at radius 3 is 2.50 bits per heavy atom. The highest BCUT2D eigenvalue weighted by molar-refractivity contribution is 4.81. The van der Waals surface area contributed by atoms with Gasteiger partial charge in [0.15, 0.2) is 0 Å². The van der Waals surface area contributed by atoms with E-state index < -0.39 is 0 Å². The molecule has 84 valence electrons. The second-order valence-electron chi connectivity index (χ2n) is 5.08. The van der Waals surface area contributed by atoms with E-state index in [0.29, 0.717) is 6.04 Å². The topological polar surface area (TPSA) is 23.5 Å². The summed E-state index contributed by atoms with van der Waals surface area (Å²) in [4.78, 5) is 2.35. The summed E-state index contributed by atoms with van der Waals surface area (Å²) >= 11 is 0. The van der Waals surface area contributed by atoms with E-state index in [0.717, 1.165) is 18.9 Å². The van der Waals surface area contributed by atoms with Crippen LogP contribution >= 0.6 is 0 Å². The minimum absolute atomic E-state index is 0.0825. The summed E-state index contributed by atoms with van der Waals surface area (Å²) in [6.45, 7) is 5.63. The molecule has 1 rings (SSSR count). The maximum atomic E-state index is 9.86. The fraction of sp³-hybridized carbons (Fsp3) is 1.00. The lowest BCUT2D eigenvalue weighted by molar-refractivity contribution is 0.0305. The Labute approximate surface area is 88.3 Å². The highest BCUT2D eigenvalue weighted by atomic mass is 16.3. The van der Waals surface area contributed by atoms with Gasteiger partial charge in [-0.2, -0.15) is 0 Å². The van der Waals surface area contributed by atoms with Crippen LogP contribution in [0.1, 0.15) is 46.0 Å². The maximum absolute atomic E-state index is 9.86. The predicted octanol–water partition coefficient (Wildman–Crippen LogP) is 2.27. The van der Waals surface area contributed by atoms with Crippen LogP contribution in [-0.4, -0.2) is 35.7 Å². The lowest BCUT2D eigenvalue weighted by atomic mass is 9.91. The first-order valence-corrected chi connectivity index (χ1v) is 5.99. The SMILES string of the molecule is CC(C)CCN(C)[C@@H]1CCCC[C@H]1O. The molecule has 0 unspecified atom stereocenters. The molecule has 1 saturated carbocycles. The van der Waals surface area contributed by atoms with Crippen LogP contribution in [0.15, 0.2) is 0 Å². The van der Waals surface area contributed by atoms with Gasteiger partial charge in [-0.3, -0.25) is 0 Å². The standard InChI is InChI=1S/C12H25NO/c1-10(2)8-9-13(3)11-6-4-5-7-12(11)14/h10-12,14H,4-9H2,1-3H3/t11-,12-/m1/s1. The molecule has 0 aliphatic heterocycles. The van der Waals surface area contributed by atoms with Crippen LogP contribution in [0.25, 0.3) is 0 Å². The van der Waals surface area contributed by atoms with E-state index in [1.807, 2.05) is 0 Å². The second-order valence-corrected chi connectivity index (χ2v) is 5.08. The molecule has 0 spiro atoms. The highest BCUT2D eigenvalue weighted by Crippen LogP contribution is 2.22. The Morgan fingerprint density at radius 1 is 1.29 bits per heavy atom. The third kappa shape index (κ3) is 3.58. The molecule has 1 aliphatic rings. The van der Waals surface area contributed by atoms with Gasteiger partial charge in [-0.05, 0) is 38.8 Å². The summed E-state index contributed by atoms with van der Waals surface area (Å²) in [6.07, 6.45) is 5.82. The molecule has 2 heteroatoms. The van der Waals surface area contributed by atoms with E-state index in [4.69, 9.17) is 0 Å². The van der Waals surface area contributed by atoms with Gasteiger partial charge in [0.05, 0.1) is 6.10 Å². The molecule has 2 atom stereocenters. The van der Waals surface area contributed by atoms with Crippen molar-refractivity contribution < 1.29 is 5.11 Å². The van der Waals surface area contributed by atoms with Crippen LogP contribution < -0.4 is 0 Å². The van der Waals surface area contributed by atoms with Gasteiger partial charge in [-0.15, -0.1) is 0 Å². The van der Waals surface area contributed by atoms with Crippen LogP contribution in [0, 0.1) is 5.92 Å². The van der Waals surface area contributed by atoms with Gasteiger partial charge in [0.1, 0.15) is 0 Å². The summed E-state index contributed by atoms with van der Waals surface area (Å²) < 4.78 is 0. The molecule has 1 N–H and O–H groups in total. The summed E-state index contributed by atoms with van der Waals surface area (Å²) in [6, 6.07) is 0.419. The first kappa shape index (κ1) is 12.0. The molecule has 0 bridgehead atoms. The molecule has 0 radical (unpaired) electrons. The van der Waals surface area contributed by atoms with E-state index in [1.165, 1.54) is 25.7 Å². The molecule has 0 aromatic rings. The Kier molecular flexibility index (Phi) is 4.90. The quantitative estimate of drug-likeness (QED) is 0.751. The zero-order chi connectivity index (χ0) is 10.6. The summed E-state index contributed by atoms with van der Waals surface area (Å²) in [5.74, 6) is 0.762. The molecule has 1 aliphatic carbocycles. The van der Waals surface area contributed by atoms with Gasteiger partial charge < -0.3 is 10.0 Å². The van der Waals surface area contributed by atoms with Crippen molar-refractivity contribution >= 4 is 0 Å². The van der Waals surface area contributed by atoms with Crippen molar-refractivity contribution in [3.8, 4) is 0 Å². The maximum Gasteiger partial charge on any atom is 0.0695 e. The number of hydrogen-bond donors (Lipinski definition) is 1. The average molecular weight is 199 g/mol.